The van der Waals surface area contributed by atoms with Crippen LogP contribution < -0.4 is 5.32 Å². The van der Waals surface area contributed by atoms with E-state index < -0.39 is 0 Å². The van der Waals surface area contributed by atoms with Gasteiger partial charge < -0.3 is 15.1 Å². The molecule has 0 atom stereocenters. The molecule has 110 valence electrons. The zero-order chi connectivity index (χ0) is 14.8. The van der Waals surface area contributed by atoms with Crippen LogP contribution in [0.3, 0.4) is 0 Å². The molecule has 1 saturated carbocycles. The number of rotatable bonds is 5. The molecule has 0 radical (unpaired) electrons. The maximum absolute atomic E-state index is 12.5. The molecule has 0 aromatic carbocycles. The van der Waals surface area contributed by atoms with Gasteiger partial charge in [0.05, 0.1) is 0 Å². The van der Waals surface area contributed by atoms with E-state index in [1.807, 2.05) is 19.2 Å². The maximum atomic E-state index is 12.5. The monoisotopic (exact) mass is 276 g/mol. The summed E-state index contributed by atoms with van der Waals surface area (Å²) in [5, 5.41) is 2.96. The Morgan fingerprint density at radius 2 is 2.05 bits per heavy atom. The van der Waals surface area contributed by atoms with E-state index in [1.165, 1.54) is 6.42 Å². The largest absolute Gasteiger partial charge is 0.373 e. The molecular weight excluding hydrogens is 252 g/mol. The molecule has 0 spiro atoms. The van der Waals surface area contributed by atoms with Crippen LogP contribution in [0.4, 0.5) is 5.82 Å². The summed E-state index contributed by atoms with van der Waals surface area (Å²) in [5.41, 5.74) is 0.637. The van der Waals surface area contributed by atoms with E-state index in [2.05, 4.69) is 29.3 Å². The van der Waals surface area contributed by atoms with Gasteiger partial charge in [-0.25, -0.2) is 4.98 Å². The molecular formula is C15H24N4O. The Morgan fingerprint density at radius 1 is 1.35 bits per heavy atom. The van der Waals surface area contributed by atoms with Crippen molar-refractivity contribution < 1.29 is 4.79 Å². The van der Waals surface area contributed by atoms with Gasteiger partial charge in [-0.15, -0.1) is 0 Å². The fraction of sp³-hybridized carbons (Fsp3) is 0.600. The van der Waals surface area contributed by atoms with E-state index in [4.69, 9.17) is 0 Å². The Morgan fingerprint density at radius 3 is 2.55 bits per heavy atom. The molecule has 1 heterocycles. The Bertz CT molecular complexity index is 483. The fourth-order valence-electron chi connectivity index (χ4n) is 2.73. The summed E-state index contributed by atoms with van der Waals surface area (Å²) < 4.78 is 0. The van der Waals surface area contributed by atoms with Gasteiger partial charge >= 0.3 is 0 Å². The van der Waals surface area contributed by atoms with Crippen molar-refractivity contribution in [2.45, 2.75) is 24.8 Å². The molecule has 1 aliphatic carbocycles. The molecule has 20 heavy (non-hydrogen) atoms. The van der Waals surface area contributed by atoms with E-state index in [1.54, 1.807) is 18.0 Å². The number of aromatic nitrogens is 1. The average Bonchev–Trinajstić information content (AvgIpc) is 2.41. The van der Waals surface area contributed by atoms with Crippen LogP contribution in [0.2, 0.25) is 0 Å². The topological polar surface area (TPSA) is 48.5 Å². The minimum atomic E-state index is -0.0183. The maximum Gasteiger partial charge on any atom is 0.272 e. The number of hydrogen-bond donors (Lipinski definition) is 1. The van der Waals surface area contributed by atoms with Gasteiger partial charge in [-0.05, 0) is 45.5 Å². The molecule has 1 fully saturated rings. The highest BCUT2D eigenvalue weighted by molar-refractivity contribution is 5.92. The Balaban J connectivity index is 2.08. The lowest BCUT2D eigenvalue weighted by Crippen LogP contribution is -2.57. The first kappa shape index (κ1) is 14.8. The highest BCUT2D eigenvalue weighted by Gasteiger charge is 2.40. The molecule has 0 saturated heterocycles. The van der Waals surface area contributed by atoms with Crippen LogP contribution in [-0.2, 0) is 0 Å². The van der Waals surface area contributed by atoms with Crippen LogP contribution >= 0.6 is 0 Å². The van der Waals surface area contributed by atoms with Crippen LogP contribution in [0.15, 0.2) is 18.2 Å². The molecule has 0 bridgehead atoms. The molecule has 5 nitrogen and oxygen atoms in total. The number of amides is 1. The van der Waals surface area contributed by atoms with E-state index in [0.29, 0.717) is 5.69 Å². The lowest BCUT2D eigenvalue weighted by Gasteiger charge is -2.49. The molecule has 5 heteroatoms. The minimum absolute atomic E-state index is 0.0183. The van der Waals surface area contributed by atoms with Crippen LogP contribution in [0, 0.1) is 0 Å². The van der Waals surface area contributed by atoms with Gasteiger partial charge in [-0.3, -0.25) is 4.79 Å². The average molecular weight is 276 g/mol. The van der Waals surface area contributed by atoms with Gasteiger partial charge in [-0.1, -0.05) is 6.07 Å². The lowest BCUT2D eigenvalue weighted by molar-refractivity contribution is 0.0250. The van der Waals surface area contributed by atoms with Gasteiger partial charge in [0, 0.05) is 26.2 Å². The molecule has 1 aliphatic rings. The summed E-state index contributed by atoms with van der Waals surface area (Å²) in [6, 6.07) is 5.47. The smallest absolute Gasteiger partial charge is 0.272 e. The molecule has 0 unspecified atom stereocenters. The first-order valence-corrected chi connectivity index (χ1v) is 7.06. The van der Waals surface area contributed by atoms with Crippen molar-refractivity contribution in [3.63, 3.8) is 0 Å². The standard InChI is InChI=1S/C15H24N4O/c1-16-13-8-5-7-12(17-13)14(20)19(4)11-15(18(2)3)9-6-10-15/h5,7-8H,6,9-11H2,1-4H3,(H,16,17). The number of carbonyl (C=O) groups is 1. The Kier molecular flexibility index (Phi) is 4.28. The number of hydrogen-bond acceptors (Lipinski definition) is 4. The number of nitrogens with one attached hydrogen (secondary N) is 1. The van der Waals surface area contributed by atoms with E-state index in [9.17, 15) is 4.79 Å². The van der Waals surface area contributed by atoms with Crippen molar-refractivity contribution in [2.24, 2.45) is 0 Å². The van der Waals surface area contributed by atoms with Gasteiger partial charge in [0.1, 0.15) is 11.5 Å². The number of likely N-dealkylation sites (N-methyl/N-ethyl adjacent to an activating group) is 2. The molecule has 1 aromatic rings. The summed E-state index contributed by atoms with van der Waals surface area (Å²) in [6.45, 7) is 0.754. The van der Waals surface area contributed by atoms with Crippen molar-refractivity contribution in [1.82, 2.24) is 14.8 Å². The Labute approximate surface area is 121 Å². The van der Waals surface area contributed by atoms with Crippen LogP contribution in [0.25, 0.3) is 0 Å². The number of carbonyl (C=O) groups excluding carboxylic acids is 1. The van der Waals surface area contributed by atoms with E-state index in [-0.39, 0.29) is 11.4 Å². The number of anilines is 1. The molecule has 0 aliphatic heterocycles. The van der Waals surface area contributed by atoms with Crippen LogP contribution in [0.1, 0.15) is 29.8 Å². The second-order valence-corrected chi connectivity index (χ2v) is 5.79. The predicted octanol–water partition coefficient (Wildman–Crippen LogP) is 1.68. The van der Waals surface area contributed by atoms with Crippen molar-refractivity contribution >= 4 is 11.7 Å². The van der Waals surface area contributed by atoms with Gasteiger partial charge in [-0.2, -0.15) is 0 Å². The number of pyridine rings is 1. The second-order valence-electron chi connectivity index (χ2n) is 5.79. The molecule has 1 amide bonds. The Hall–Kier alpha value is -1.62. The molecule has 1 N–H and O–H groups in total. The normalized spacial score (nSPS) is 16.6. The van der Waals surface area contributed by atoms with Crippen molar-refractivity contribution in [3.8, 4) is 0 Å². The summed E-state index contributed by atoms with van der Waals surface area (Å²) in [4.78, 5) is 20.8. The summed E-state index contributed by atoms with van der Waals surface area (Å²) >= 11 is 0. The third-order valence-electron chi connectivity index (χ3n) is 4.34. The second kappa shape index (κ2) is 5.79. The molecule has 1 aromatic heterocycles. The minimum Gasteiger partial charge on any atom is -0.373 e. The summed E-state index contributed by atoms with van der Waals surface area (Å²) in [5.74, 6) is 0.699. The van der Waals surface area contributed by atoms with Crippen molar-refractivity contribution in [2.75, 3.05) is 40.1 Å². The first-order chi connectivity index (χ1) is 9.48. The van der Waals surface area contributed by atoms with E-state index in [0.717, 1.165) is 25.2 Å². The zero-order valence-corrected chi connectivity index (χ0v) is 12.8. The number of nitrogens with zero attached hydrogens (tertiary/aromatic N) is 3. The van der Waals surface area contributed by atoms with Crippen molar-refractivity contribution in [3.05, 3.63) is 23.9 Å². The van der Waals surface area contributed by atoms with Gasteiger partial charge in [0.25, 0.3) is 5.91 Å². The quantitative estimate of drug-likeness (QED) is 0.889. The predicted molar refractivity (Wildman–Crippen MR) is 81.0 cm³/mol. The van der Waals surface area contributed by atoms with Crippen molar-refractivity contribution in [1.29, 1.82) is 0 Å². The summed E-state index contributed by atoms with van der Waals surface area (Å²) in [7, 11) is 7.85. The SMILES string of the molecule is CNc1cccc(C(=O)N(C)CC2(N(C)C)CCC2)n1. The van der Waals surface area contributed by atoms with Crippen LogP contribution in [0.5, 0.6) is 0 Å². The van der Waals surface area contributed by atoms with Gasteiger partial charge in [0.15, 0.2) is 0 Å². The highest BCUT2D eigenvalue weighted by Crippen LogP contribution is 2.36. The first-order valence-electron chi connectivity index (χ1n) is 7.06. The third kappa shape index (κ3) is 2.77. The third-order valence-corrected chi connectivity index (χ3v) is 4.34. The van der Waals surface area contributed by atoms with E-state index >= 15 is 0 Å². The summed E-state index contributed by atoms with van der Waals surface area (Å²) in [6.07, 6.45) is 3.55. The highest BCUT2D eigenvalue weighted by atomic mass is 16.2. The fourth-order valence-corrected chi connectivity index (χ4v) is 2.73. The van der Waals surface area contributed by atoms with Gasteiger partial charge in [0.2, 0.25) is 0 Å². The lowest BCUT2D eigenvalue weighted by atomic mass is 9.75. The zero-order valence-electron chi connectivity index (χ0n) is 12.8. The molecule has 2 rings (SSSR count). The van der Waals surface area contributed by atoms with Crippen LogP contribution in [-0.4, -0.2) is 61.0 Å².